The Morgan fingerprint density at radius 1 is 1.07 bits per heavy atom. The molecule has 1 aromatic carbocycles. The van der Waals surface area contributed by atoms with Gasteiger partial charge in [-0.15, -0.1) is 10.2 Å². The molecule has 7 nitrogen and oxygen atoms in total. The molecule has 8 heteroatoms. The van der Waals surface area contributed by atoms with Gasteiger partial charge in [0.05, 0.1) is 29.8 Å². The zero-order chi connectivity index (χ0) is 18.8. The van der Waals surface area contributed by atoms with Crippen molar-refractivity contribution in [2.75, 3.05) is 11.9 Å². The largest absolute Gasteiger partial charge is 0.507 e. The van der Waals surface area contributed by atoms with Crippen LogP contribution in [-0.2, 0) is 0 Å². The molecule has 1 fully saturated rings. The van der Waals surface area contributed by atoms with E-state index >= 15 is 0 Å². The first-order chi connectivity index (χ1) is 13.1. The second kappa shape index (κ2) is 7.30. The molecule has 1 N–H and O–H groups in total. The lowest BCUT2D eigenvalue weighted by Gasteiger charge is -2.34. The zero-order valence-electron chi connectivity index (χ0n) is 15.0. The molecule has 2 atom stereocenters. The normalized spacial score (nSPS) is 19.8. The molecule has 0 bridgehead atoms. The first-order valence-corrected chi connectivity index (χ1v) is 9.04. The Morgan fingerprint density at radius 2 is 1.85 bits per heavy atom. The minimum Gasteiger partial charge on any atom is -0.507 e. The second-order valence-electron chi connectivity index (χ2n) is 6.78. The van der Waals surface area contributed by atoms with Gasteiger partial charge in [0, 0.05) is 18.7 Å². The second-order valence-corrected chi connectivity index (χ2v) is 6.78. The summed E-state index contributed by atoms with van der Waals surface area (Å²) in [5, 5.41) is 26.9. The molecule has 140 valence electrons. The van der Waals surface area contributed by atoms with Crippen LogP contribution in [0.25, 0.3) is 16.9 Å². The predicted molar refractivity (Wildman–Crippen MR) is 99.6 cm³/mol. The van der Waals surface area contributed by atoms with Gasteiger partial charge in [0.2, 0.25) is 0 Å². The van der Waals surface area contributed by atoms with Gasteiger partial charge in [0.1, 0.15) is 11.9 Å². The standard InChI is InChI=1S/C19H21FN6O/c1-25(17-5-3-2-4-15(17)20)19-9-8-16(23-24-19)14-7-6-13(12-18(14)27)26-21-10-11-22-26/h6-12,15,17,27H,2-5H2,1H3/t15-,17+/m0/s1. The fraction of sp³-hybridized carbons (Fsp3) is 0.368. The number of anilines is 1. The number of alkyl halides is 1. The predicted octanol–water partition coefficient (Wildman–Crippen LogP) is 3.15. The topological polar surface area (TPSA) is 80.0 Å². The lowest BCUT2D eigenvalue weighted by atomic mass is 9.92. The number of benzene rings is 1. The van der Waals surface area contributed by atoms with Crippen molar-refractivity contribution in [3.63, 3.8) is 0 Å². The van der Waals surface area contributed by atoms with Crippen LogP contribution in [0, 0.1) is 0 Å². The van der Waals surface area contributed by atoms with Gasteiger partial charge in [0.15, 0.2) is 5.82 Å². The van der Waals surface area contributed by atoms with Crippen LogP contribution in [0.15, 0.2) is 42.7 Å². The molecule has 0 amide bonds. The Kier molecular flexibility index (Phi) is 4.70. The number of hydrogen-bond donors (Lipinski definition) is 1. The van der Waals surface area contributed by atoms with Crippen LogP contribution in [0.1, 0.15) is 25.7 Å². The Labute approximate surface area is 156 Å². The van der Waals surface area contributed by atoms with Gasteiger partial charge in [-0.05, 0) is 37.1 Å². The number of rotatable bonds is 4. The molecule has 3 aromatic rings. The highest BCUT2D eigenvalue weighted by atomic mass is 19.1. The van der Waals surface area contributed by atoms with Crippen molar-refractivity contribution >= 4 is 5.82 Å². The lowest BCUT2D eigenvalue weighted by molar-refractivity contribution is 0.213. The van der Waals surface area contributed by atoms with Gasteiger partial charge in [-0.1, -0.05) is 12.8 Å². The summed E-state index contributed by atoms with van der Waals surface area (Å²) in [6.45, 7) is 0. The highest BCUT2D eigenvalue weighted by molar-refractivity contribution is 5.68. The Morgan fingerprint density at radius 3 is 2.52 bits per heavy atom. The van der Waals surface area contributed by atoms with E-state index in [0.29, 0.717) is 29.2 Å². The number of aromatic nitrogens is 5. The summed E-state index contributed by atoms with van der Waals surface area (Å²) in [5.41, 5.74) is 1.76. The minimum absolute atomic E-state index is 0.0660. The van der Waals surface area contributed by atoms with Crippen molar-refractivity contribution in [3.05, 3.63) is 42.7 Å². The van der Waals surface area contributed by atoms with E-state index in [1.165, 1.54) is 4.80 Å². The maximum Gasteiger partial charge on any atom is 0.151 e. The van der Waals surface area contributed by atoms with E-state index in [-0.39, 0.29) is 11.8 Å². The zero-order valence-corrected chi connectivity index (χ0v) is 15.0. The minimum atomic E-state index is -0.835. The fourth-order valence-electron chi connectivity index (χ4n) is 3.54. The number of phenols is 1. The summed E-state index contributed by atoms with van der Waals surface area (Å²) in [5.74, 6) is 0.696. The van der Waals surface area contributed by atoms with E-state index in [1.807, 2.05) is 18.0 Å². The molecule has 0 saturated heterocycles. The molecule has 27 heavy (non-hydrogen) atoms. The third kappa shape index (κ3) is 3.47. The molecular weight excluding hydrogens is 347 g/mol. The molecule has 1 aliphatic rings. The van der Waals surface area contributed by atoms with Crippen molar-refractivity contribution in [3.8, 4) is 22.7 Å². The maximum absolute atomic E-state index is 14.2. The average Bonchev–Trinajstić information content (AvgIpc) is 3.23. The van der Waals surface area contributed by atoms with Gasteiger partial charge in [0.25, 0.3) is 0 Å². The van der Waals surface area contributed by atoms with Crippen molar-refractivity contribution in [1.82, 2.24) is 25.2 Å². The lowest BCUT2D eigenvalue weighted by Crippen LogP contribution is -2.41. The summed E-state index contributed by atoms with van der Waals surface area (Å²) in [4.78, 5) is 3.29. The summed E-state index contributed by atoms with van der Waals surface area (Å²) in [6.07, 6.45) is 5.71. The summed E-state index contributed by atoms with van der Waals surface area (Å²) in [7, 11) is 1.86. The third-order valence-electron chi connectivity index (χ3n) is 5.06. The molecule has 1 aliphatic carbocycles. The molecular formula is C19H21FN6O. The number of phenolic OH excluding ortho intramolecular Hbond substituents is 1. The number of nitrogens with zero attached hydrogens (tertiary/aromatic N) is 6. The van der Waals surface area contributed by atoms with Crippen LogP contribution in [-0.4, -0.2) is 49.6 Å². The Hall–Kier alpha value is -3.03. The van der Waals surface area contributed by atoms with E-state index in [4.69, 9.17) is 0 Å². The quantitative estimate of drug-likeness (QED) is 0.762. The number of hydrogen-bond acceptors (Lipinski definition) is 6. The summed E-state index contributed by atoms with van der Waals surface area (Å²) in [6, 6.07) is 8.56. The van der Waals surface area contributed by atoms with E-state index in [2.05, 4.69) is 20.4 Å². The fourth-order valence-corrected chi connectivity index (χ4v) is 3.54. The van der Waals surface area contributed by atoms with E-state index in [1.54, 1.807) is 36.7 Å². The van der Waals surface area contributed by atoms with E-state index < -0.39 is 6.17 Å². The van der Waals surface area contributed by atoms with Crippen LogP contribution < -0.4 is 4.90 Å². The monoisotopic (exact) mass is 368 g/mol. The van der Waals surface area contributed by atoms with Gasteiger partial charge >= 0.3 is 0 Å². The first kappa shape index (κ1) is 17.4. The van der Waals surface area contributed by atoms with Crippen molar-refractivity contribution in [2.45, 2.75) is 37.9 Å². The third-order valence-corrected chi connectivity index (χ3v) is 5.06. The highest BCUT2D eigenvalue weighted by Gasteiger charge is 2.29. The van der Waals surface area contributed by atoms with E-state index in [0.717, 1.165) is 19.3 Å². The number of halogens is 1. The van der Waals surface area contributed by atoms with Crippen molar-refractivity contribution in [1.29, 1.82) is 0 Å². The number of aromatic hydroxyl groups is 1. The van der Waals surface area contributed by atoms with Crippen LogP contribution in [0.3, 0.4) is 0 Å². The smallest absolute Gasteiger partial charge is 0.151 e. The molecule has 0 aliphatic heterocycles. The van der Waals surface area contributed by atoms with Crippen molar-refractivity contribution < 1.29 is 9.50 Å². The SMILES string of the molecule is CN(c1ccc(-c2ccc(-n3nccn3)cc2O)nn1)[C@@H]1CCCC[C@@H]1F. The average molecular weight is 368 g/mol. The highest BCUT2D eigenvalue weighted by Crippen LogP contribution is 2.31. The van der Waals surface area contributed by atoms with Crippen LogP contribution in [0.2, 0.25) is 0 Å². The van der Waals surface area contributed by atoms with E-state index in [9.17, 15) is 9.50 Å². The van der Waals surface area contributed by atoms with Gasteiger partial charge in [-0.3, -0.25) is 0 Å². The molecule has 0 radical (unpaired) electrons. The molecule has 0 unspecified atom stereocenters. The summed E-state index contributed by atoms with van der Waals surface area (Å²) < 4.78 is 14.2. The van der Waals surface area contributed by atoms with Crippen LogP contribution in [0.4, 0.5) is 10.2 Å². The molecule has 2 aromatic heterocycles. The van der Waals surface area contributed by atoms with Gasteiger partial charge in [-0.2, -0.15) is 15.0 Å². The van der Waals surface area contributed by atoms with Crippen LogP contribution >= 0.6 is 0 Å². The first-order valence-electron chi connectivity index (χ1n) is 9.04. The van der Waals surface area contributed by atoms with Gasteiger partial charge in [-0.25, -0.2) is 4.39 Å². The van der Waals surface area contributed by atoms with Crippen LogP contribution in [0.5, 0.6) is 5.75 Å². The molecule has 1 saturated carbocycles. The molecule has 2 heterocycles. The summed E-state index contributed by atoms with van der Waals surface area (Å²) >= 11 is 0. The molecule has 0 spiro atoms. The Balaban J connectivity index is 1.55. The molecule has 4 rings (SSSR count). The maximum atomic E-state index is 14.2. The Bertz CT molecular complexity index is 899. The van der Waals surface area contributed by atoms with Gasteiger partial charge < -0.3 is 10.0 Å². The van der Waals surface area contributed by atoms with Crippen molar-refractivity contribution in [2.24, 2.45) is 0 Å².